The Bertz CT molecular complexity index is 968. The SMILES string of the molecule is CC(CC1CCN(C)CC1)Nc1cc(-n2ccnc2)nc(NCc2cccc(Cl)c2)n1. The second-order valence-electron chi connectivity index (χ2n) is 8.42. The standard InChI is InChI=1S/C23H30ClN7/c1-17(12-18-6-9-30(2)10-7-18)27-21-14-22(31-11-8-25-16-31)29-23(28-21)26-15-19-4-3-5-20(24)13-19/h3-5,8,11,13-14,16-18H,6-7,9-10,12,15H2,1-2H3,(H2,26,27,28,29). The summed E-state index contributed by atoms with van der Waals surface area (Å²) >= 11 is 6.11. The molecule has 3 aromatic rings. The largest absolute Gasteiger partial charge is 0.367 e. The van der Waals surface area contributed by atoms with Gasteiger partial charge in [0.15, 0.2) is 0 Å². The van der Waals surface area contributed by atoms with E-state index < -0.39 is 0 Å². The van der Waals surface area contributed by atoms with Crippen molar-refractivity contribution in [3.05, 3.63) is 59.6 Å². The number of anilines is 2. The molecule has 1 aliphatic rings. The van der Waals surface area contributed by atoms with Gasteiger partial charge in [-0.25, -0.2) is 4.98 Å². The highest BCUT2D eigenvalue weighted by atomic mass is 35.5. The summed E-state index contributed by atoms with van der Waals surface area (Å²) in [5, 5.41) is 7.64. The van der Waals surface area contributed by atoms with Gasteiger partial charge < -0.3 is 15.5 Å². The Hall–Kier alpha value is -2.64. The molecule has 31 heavy (non-hydrogen) atoms. The number of imidazole rings is 1. The number of likely N-dealkylation sites (tertiary alicyclic amines) is 1. The van der Waals surface area contributed by atoms with Crippen LogP contribution in [-0.2, 0) is 6.54 Å². The average Bonchev–Trinajstić information content (AvgIpc) is 3.29. The Morgan fingerprint density at radius 1 is 1.19 bits per heavy atom. The van der Waals surface area contributed by atoms with Gasteiger partial charge in [0.25, 0.3) is 0 Å². The molecule has 1 saturated heterocycles. The van der Waals surface area contributed by atoms with Crippen LogP contribution in [0.25, 0.3) is 5.82 Å². The zero-order chi connectivity index (χ0) is 21.6. The third-order valence-electron chi connectivity index (χ3n) is 5.74. The molecule has 4 rings (SSSR count). The Morgan fingerprint density at radius 3 is 2.77 bits per heavy atom. The van der Waals surface area contributed by atoms with E-state index in [4.69, 9.17) is 16.6 Å². The lowest BCUT2D eigenvalue weighted by molar-refractivity contribution is 0.209. The van der Waals surface area contributed by atoms with Crippen LogP contribution in [-0.4, -0.2) is 50.6 Å². The Balaban J connectivity index is 1.46. The number of benzene rings is 1. The Kier molecular flexibility index (Phi) is 7.04. The minimum Gasteiger partial charge on any atom is -0.367 e. The van der Waals surface area contributed by atoms with Crippen LogP contribution < -0.4 is 10.6 Å². The molecular weight excluding hydrogens is 410 g/mol. The first kappa shape index (κ1) is 21.6. The molecule has 2 aromatic heterocycles. The van der Waals surface area contributed by atoms with E-state index in [-0.39, 0.29) is 0 Å². The van der Waals surface area contributed by atoms with Gasteiger partial charge in [0.05, 0.1) is 0 Å². The molecule has 1 aliphatic heterocycles. The molecule has 0 radical (unpaired) electrons. The lowest BCUT2D eigenvalue weighted by Crippen LogP contribution is -2.32. The van der Waals surface area contributed by atoms with E-state index >= 15 is 0 Å². The lowest BCUT2D eigenvalue weighted by Gasteiger charge is -2.30. The number of hydrogen-bond donors (Lipinski definition) is 2. The first-order valence-electron chi connectivity index (χ1n) is 10.9. The maximum atomic E-state index is 6.11. The smallest absolute Gasteiger partial charge is 0.226 e. The summed E-state index contributed by atoms with van der Waals surface area (Å²) in [5.74, 6) is 2.91. The minimum atomic E-state index is 0.333. The van der Waals surface area contributed by atoms with Gasteiger partial charge in [-0.1, -0.05) is 23.7 Å². The van der Waals surface area contributed by atoms with Gasteiger partial charge in [0, 0.05) is 36.1 Å². The molecule has 0 bridgehead atoms. The van der Waals surface area contributed by atoms with Crippen LogP contribution in [0.3, 0.4) is 0 Å². The summed E-state index contributed by atoms with van der Waals surface area (Å²) in [4.78, 5) is 15.9. The van der Waals surface area contributed by atoms with Gasteiger partial charge in [0.2, 0.25) is 5.95 Å². The molecule has 0 saturated carbocycles. The Morgan fingerprint density at radius 2 is 2.03 bits per heavy atom. The molecule has 0 aliphatic carbocycles. The van der Waals surface area contributed by atoms with Crippen LogP contribution in [0.4, 0.5) is 11.8 Å². The van der Waals surface area contributed by atoms with E-state index in [2.05, 4.69) is 39.5 Å². The summed E-state index contributed by atoms with van der Waals surface area (Å²) < 4.78 is 1.89. The number of aromatic nitrogens is 4. The summed E-state index contributed by atoms with van der Waals surface area (Å²) in [6, 6.07) is 10.1. The average molecular weight is 440 g/mol. The van der Waals surface area contributed by atoms with Crippen LogP contribution in [0.5, 0.6) is 0 Å². The molecule has 164 valence electrons. The zero-order valence-electron chi connectivity index (χ0n) is 18.1. The predicted octanol–water partition coefficient (Wildman–Crippen LogP) is 4.46. The van der Waals surface area contributed by atoms with Crippen molar-refractivity contribution in [2.45, 2.75) is 38.8 Å². The molecule has 7 nitrogen and oxygen atoms in total. The van der Waals surface area contributed by atoms with E-state index in [1.807, 2.05) is 41.1 Å². The summed E-state index contributed by atoms with van der Waals surface area (Å²) in [7, 11) is 2.20. The zero-order valence-corrected chi connectivity index (χ0v) is 18.9. The van der Waals surface area contributed by atoms with E-state index in [0.29, 0.717) is 18.5 Å². The fraction of sp³-hybridized carbons (Fsp3) is 0.435. The predicted molar refractivity (Wildman–Crippen MR) is 126 cm³/mol. The quantitative estimate of drug-likeness (QED) is 0.540. The molecule has 2 N–H and O–H groups in total. The second kappa shape index (κ2) is 10.1. The van der Waals surface area contributed by atoms with Gasteiger partial charge in [-0.2, -0.15) is 9.97 Å². The van der Waals surface area contributed by atoms with Crippen LogP contribution in [0, 0.1) is 5.92 Å². The molecule has 0 amide bonds. The van der Waals surface area contributed by atoms with Gasteiger partial charge in [-0.3, -0.25) is 4.57 Å². The number of nitrogens with zero attached hydrogens (tertiary/aromatic N) is 5. The topological polar surface area (TPSA) is 70.9 Å². The molecule has 1 fully saturated rings. The molecule has 1 unspecified atom stereocenters. The van der Waals surface area contributed by atoms with Crippen molar-refractivity contribution in [1.29, 1.82) is 0 Å². The highest BCUT2D eigenvalue weighted by Gasteiger charge is 2.19. The van der Waals surface area contributed by atoms with Crippen LogP contribution >= 0.6 is 11.6 Å². The van der Waals surface area contributed by atoms with Crippen molar-refractivity contribution >= 4 is 23.4 Å². The lowest BCUT2D eigenvalue weighted by atomic mass is 9.91. The van der Waals surface area contributed by atoms with Gasteiger partial charge >= 0.3 is 0 Å². The molecule has 8 heteroatoms. The van der Waals surface area contributed by atoms with Gasteiger partial charge in [-0.15, -0.1) is 0 Å². The van der Waals surface area contributed by atoms with E-state index in [1.165, 1.54) is 25.9 Å². The van der Waals surface area contributed by atoms with Crippen molar-refractivity contribution in [3.8, 4) is 5.82 Å². The molecule has 1 aromatic carbocycles. The van der Waals surface area contributed by atoms with Crippen molar-refractivity contribution in [1.82, 2.24) is 24.4 Å². The highest BCUT2D eigenvalue weighted by Crippen LogP contribution is 2.23. The number of halogens is 1. The van der Waals surface area contributed by atoms with Crippen molar-refractivity contribution in [3.63, 3.8) is 0 Å². The normalized spacial score (nSPS) is 16.2. The van der Waals surface area contributed by atoms with Gasteiger partial charge in [-0.05, 0) is 69.9 Å². The summed E-state index contributed by atoms with van der Waals surface area (Å²) in [6.45, 7) is 5.20. The second-order valence-corrected chi connectivity index (χ2v) is 8.85. The maximum Gasteiger partial charge on any atom is 0.226 e. The molecule has 1 atom stereocenters. The fourth-order valence-electron chi connectivity index (χ4n) is 4.05. The monoisotopic (exact) mass is 439 g/mol. The van der Waals surface area contributed by atoms with Gasteiger partial charge in [0.1, 0.15) is 18.0 Å². The number of piperidine rings is 1. The van der Waals surface area contributed by atoms with Crippen molar-refractivity contribution < 1.29 is 0 Å². The third kappa shape index (κ3) is 6.18. The van der Waals surface area contributed by atoms with E-state index in [9.17, 15) is 0 Å². The molecular formula is C23H30ClN7. The third-order valence-corrected chi connectivity index (χ3v) is 5.98. The fourth-order valence-corrected chi connectivity index (χ4v) is 4.26. The first-order valence-corrected chi connectivity index (χ1v) is 11.2. The molecule has 0 spiro atoms. The van der Waals surface area contributed by atoms with Crippen LogP contribution in [0.15, 0.2) is 49.1 Å². The minimum absolute atomic E-state index is 0.333. The number of rotatable bonds is 8. The number of hydrogen-bond acceptors (Lipinski definition) is 6. The number of nitrogens with one attached hydrogen (secondary N) is 2. The highest BCUT2D eigenvalue weighted by molar-refractivity contribution is 6.30. The van der Waals surface area contributed by atoms with Crippen LogP contribution in [0.1, 0.15) is 31.7 Å². The van der Waals surface area contributed by atoms with E-state index in [0.717, 1.165) is 34.6 Å². The van der Waals surface area contributed by atoms with Crippen molar-refractivity contribution in [2.75, 3.05) is 30.8 Å². The van der Waals surface area contributed by atoms with Crippen LogP contribution in [0.2, 0.25) is 5.02 Å². The summed E-state index contributed by atoms with van der Waals surface area (Å²) in [5.41, 5.74) is 1.08. The molecule has 3 heterocycles. The van der Waals surface area contributed by atoms with Crippen molar-refractivity contribution in [2.24, 2.45) is 5.92 Å². The summed E-state index contributed by atoms with van der Waals surface area (Å²) in [6.07, 6.45) is 9.04. The Labute approximate surface area is 188 Å². The van der Waals surface area contributed by atoms with E-state index in [1.54, 1.807) is 12.5 Å². The maximum absolute atomic E-state index is 6.11. The first-order chi connectivity index (χ1) is 15.0.